The fourth-order valence-electron chi connectivity index (χ4n) is 2.35. The van der Waals surface area contributed by atoms with Crippen LogP contribution in [-0.4, -0.2) is 24.7 Å². The van der Waals surface area contributed by atoms with E-state index in [-0.39, 0.29) is 6.04 Å². The third-order valence-electron chi connectivity index (χ3n) is 3.24. The molecular formula is C14H17F3N2S. The summed E-state index contributed by atoms with van der Waals surface area (Å²) in [6.07, 6.45) is -0.739. The molecule has 1 saturated heterocycles. The third-order valence-corrected chi connectivity index (χ3v) is 3.42. The molecule has 0 spiro atoms. The van der Waals surface area contributed by atoms with Crippen LogP contribution >= 0.6 is 11.8 Å². The van der Waals surface area contributed by atoms with Gasteiger partial charge in [0.25, 0.3) is 0 Å². The molecule has 1 aromatic carbocycles. The SMILES string of the molecule is CN1CCCC1c1ccccc1C(F)(F)F.CSC#N. The molecule has 1 heterocycles. The first-order valence-corrected chi connectivity index (χ1v) is 7.42. The molecule has 0 saturated carbocycles. The Balaban J connectivity index is 0.000000444. The van der Waals surface area contributed by atoms with E-state index in [2.05, 4.69) is 0 Å². The Morgan fingerprint density at radius 2 is 1.95 bits per heavy atom. The van der Waals surface area contributed by atoms with Crippen molar-refractivity contribution in [1.29, 1.82) is 5.26 Å². The third kappa shape index (κ3) is 4.43. The van der Waals surface area contributed by atoms with Crippen molar-refractivity contribution in [2.75, 3.05) is 19.8 Å². The zero-order chi connectivity index (χ0) is 15.2. The van der Waals surface area contributed by atoms with Crippen LogP contribution < -0.4 is 0 Å². The summed E-state index contributed by atoms with van der Waals surface area (Å²) in [6, 6.07) is 5.80. The lowest BCUT2D eigenvalue weighted by molar-refractivity contribution is -0.138. The van der Waals surface area contributed by atoms with Gasteiger partial charge in [-0.1, -0.05) is 18.2 Å². The Hall–Kier alpha value is -1.19. The zero-order valence-corrected chi connectivity index (χ0v) is 12.3. The van der Waals surface area contributed by atoms with Crippen molar-refractivity contribution in [3.63, 3.8) is 0 Å². The molecule has 1 unspecified atom stereocenters. The van der Waals surface area contributed by atoms with E-state index in [0.29, 0.717) is 5.56 Å². The summed E-state index contributed by atoms with van der Waals surface area (Å²) in [5, 5.41) is 9.44. The number of benzene rings is 1. The molecule has 1 aliphatic rings. The van der Waals surface area contributed by atoms with Gasteiger partial charge >= 0.3 is 6.18 Å². The van der Waals surface area contributed by atoms with Crippen molar-refractivity contribution in [3.05, 3.63) is 35.4 Å². The van der Waals surface area contributed by atoms with Crippen LogP contribution in [0.15, 0.2) is 24.3 Å². The Kier molecular flexibility index (Phi) is 6.37. The lowest BCUT2D eigenvalue weighted by Crippen LogP contribution is -2.21. The van der Waals surface area contributed by atoms with Crippen LogP contribution in [0.2, 0.25) is 0 Å². The molecule has 2 rings (SSSR count). The summed E-state index contributed by atoms with van der Waals surface area (Å²) in [5.41, 5.74) is -0.0799. The number of alkyl halides is 3. The van der Waals surface area contributed by atoms with Gasteiger partial charge in [-0.2, -0.15) is 18.4 Å². The van der Waals surface area contributed by atoms with Gasteiger partial charge in [0.2, 0.25) is 0 Å². The van der Waals surface area contributed by atoms with Crippen molar-refractivity contribution in [1.82, 2.24) is 4.90 Å². The first-order valence-electron chi connectivity index (χ1n) is 6.20. The lowest BCUT2D eigenvalue weighted by Gasteiger charge is -2.23. The number of nitriles is 1. The highest BCUT2D eigenvalue weighted by Gasteiger charge is 2.36. The predicted molar refractivity (Wildman–Crippen MR) is 75.2 cm³/mol. The maximum atomic E-state index is 12.8. The molecule has 0 aliphatic carbocycles. The van der Waals surface area contributed by atoms with Crippen molar-refractivity contribution in [2.45, 2.75) is 25.1 Å². The first kappa shape index (κ1) is 16.9. The molecule has 0 aromatic heterocycles. The van der Waals surface area contributed by atoms with E-state index in [1.807, 2.05) is 17.3 Å². The predicted octanol–water partition coefficient (Wildman–Crippen LogP) is 4.30. The summed E-state index contributed by atoms with van der Waals surface area (Å²) in [7, 11) is 1.88. The molecule has 1 fully saturated rings. The second-order valence-corrected chi connectivity index (χ2v) is 5.11. The van der Waals surface area contributed by atoms with Crippen LogP contribution in [0.4, 0.5) is 13.2 Å². The van der Waals surface area contributed by atoms with Gasteiger partial charge < -0.3 is 0 Å². The number of hydrogen-bond donors (Lipinski definition) is 0. The monoisotopic (exact) mass is 302 g/mol. The number of thioether (sulfide) groups is 1. The fraction of sp³-hybridized carbons (Fsp3) is 0.500. The number of thiocyanates is 1. The molecule has 2 nitrogen and oxygen atoms in total. The van der Waals surface area contributed by atoms with Gasteiger partial charge in [0.05, 0.1) is 5.56 Å². The molecule has 1 aliphatic heterocycles. The molecular weight excluding hydrogens is 285 g/mol. The molecule has 0 amide bonds. The van der Waals surface area contributed by atoms with Gasteiger partial charge in [-0.15, -0.1) is 0 Å². The van der Waals surface area contributed by atoms with Crippen molar-refractivity contribution < 1.29 is 13.2 Å². The highest BCUT2D eigenvalue weighted by atomic mass is 32.2. The van der Waals surface area contributed by atoms with Gasteiger partial charge in [0, 0.05) is 6.04 Å². The van der Waals surface area contributed by atoms with Crippen LogP contribution in [0.3, 0.4) is 0 Å². The second kappa shape index (κ2) is 7.55. The Morgan fingerprint density at radius 1 is 1.35 bits per heavy atom. The number of rotatable bonds is 1. The van der Waals surface area contributed by atoms with Crippen LogP contribution in [0.1, 0.15) is 30.0 Å². The average molecular weight is 302 g/mol. The summed E-state index contributed by atoms with van der Waals surface area (Å²) >= 11 is 1.16. The minimum Gasteiger partial charge on any atom is -0.299 e. The van der Waals surface area contributed by atoms with E-state index >= 15 is 0 Å². The molecule has 1 atom stereocenters. The Bertz CT molecular complexity index is 468. The van der Waals surface area contributed by atoms with Crippen molar-refractivity contribution in [2.24, 2.45) is 0 Å². The van der Waals surface area contributed by atoms with Crippen LogP contribution in [0.25, 0.3) is 0 Å². The number of halogens is 3. The standard InChI is InChI=1S/C12H14F3N.C2H3NS/c1-16-8-4-7-11(16)9-5-2-3-6-10(9)12(13,14)15;1-4-2-3/h2-3,5-6,11H,4,7-8H2,1H3;1H3. The average Bonchev–Trinajstić information content (AvgIpc) is 2.84. The minimum absolute atomic E-state index is 0.0853. The summed E-state index contributed by atoms with van der Waals surface area (Å²) in [6.45, 7) is 0.872. The van der Waals surface area contributed by atoms with Gasteiger partial charge in [-0.05, 0) is 56.1 Å². The molecule has 6 heteroatoms. The quantitative estimate of drug-likeness (QED) is 0.724. The lowest BCUT2D eigenvalue weighted by atomic mass is 9.98. The second-order valence-electron chi connectivity index (χ2n) is 4.52. The Morgan fingerprint density at radius 3 is 2.40 bits per heavy atom. The maximum Gasteiger partial charge on any atom is 0.416 e. The van der Waals surface area contributed by atoms with E-state index in [9.17, 15) is 13.2 Å². The van der Waals surface area contributed by atoms with E-state index < -0.39 is 11.7 Å². The molecule has 20 heavy (non-hydrogen) atoms. The van der Waals surface area contributed by atoms with Crippen LogP contribution in [0.5, 0.6) is 0 Å². The van der Waals surface area contributed by atoms with Gasteiger partial charge in [0.15, 0.2) is 0 Å². The largest absolute Gasteiger partial charge is 0.416 e. The van der Waals surface area contributed by atoms with E-state index in [0.717, 1.165) is 31.1 Å². The summed E-state index contributed by atoms with van der Waals surface area (Å²) < 4.78 is 38.4. The molecule has 110 valence electrons. The highest BCUT2D eigenvalue weighted by Crippen LogP contribution is 2.39. The van der Waals surface area contributed by atoms with Gasteiger partial charge in [-0.3, -0.25) is 4.90 Å². The summed E-state index contributed by atoms with van der Waals surface area (Å²) in [5.74, 6) is 0. The van der Waals surface area contributed by atoms with E-state index in [1.165, 1.54) is 12.1 Å². The molecule has 0 radical (unpaired) electrons. The summed E-state index contributed by atoms with van der Waals surface area (Å²) in [4.78, 5) is 1.99. The normalized spacial score (nSPS) is 19.1. The molecule has 0 N–H and O–H groups in total. The fourth-order valence-corrected chi connectivity index (χ4v) is 2.35. The molecule has 1 aromatic rings. The van der Waals surface area contributed by atoms with Gasteiger partial charge in [-0.25, -0.2) is 0 Å². The van der Waals surface area contributed by atoms with E-state index in [4.69, 9.17) is 5.26 Å². The Labute approximate surface area is 121 Å². The van der Waals surface area contributed by atoms with Crippen LogP contribution in [-0.2, 0) is 6.18 Å². The maximum absolute atomic E-state index is 12.8. The number of hydrogen-bond acceptors (Lipinski definition) is 3. The first-order chi connectivity index (χ1) is 9.41. The van der Waals surface area contributed by atoms with Crippen molar-refractivity contribution in [3.8, 4) is 5.40 Å². The van der Waals surface area contributed by atoms with Crippen LogP contribution in [0, 0.1) is 10.7 Å². The van der Waals surface area contributed by atoms with Crippen molar-refractivity contribution >= 4 is 11.8 Å². The molecule has 0 bridgehead atoms. The van der Waals surface area contributed by atoms with Gasteiger partial charge in [0.1, 0.15) is 5.40 Å². The highest BCUT2D eigenvalue weighted by molar-refractivity contribution is 8.03. The van der Waals surface area contributed by atoms with E-state index in [1.54, 1.807) is 18.4 Å². The number of nitrogens with zero attached hydrogens (tertiary/aromatic N) is 2. The minimum atomic E-state index is -4.25. The number of likely N-dealkylation sites (tertiary alicyclic amines) is 1. The topological polar surface area (TPSA) is 27.0 Å². The zero-order valence-electron chi connectivity index (χ0n) is 11.4. The smallest absolute Gasteiger partial charge is 0.299 e.